The number of aromatic amines is 1. The minimum Gasteiger partial charge on any atom is -0.507 e. The number of methoxy groups -OCH3 is 1. The molecule has 0 radical (unpaired) electrons. The molecule has 0 spiro atoms. The van der Waals surface area contributed by atoms with Crippen molar-refractivity contribution in [2.45, 2.75) is 0 Å². The number of benzene rings is 2. The molecule has 0 saturated carbocycles. The van der Waals surface area contributed by atoms with E-state index in [0.29, 0.717) is 11.3 Å². The van der Waals surface area contributed by atoms with Gasteiger partial charge in [0.2, 0.25) is 5.78 Å². The van der Waals surface area contributed by atoms with Gasteiger partial charge in [-0.1, -0.05) is 18.2 Å². The highest BCUT2D eigenvalue weighted by molar-refractivity contribution is 6.09. The van der Waals surface area contributed by atoms with Crippen LogP contribution in [0.1, 0.15) is 20.7 Å². The summed E-state index contributed by atoms with van der Waals surface area (Å²) < 4.78 is 9.96. The van der Waals surface area contributed by atoms with E-state index in [2.05, 4.69) is 4.98 Å². The fourth-order valence-corrected chi connectivity index (χ4v) is 2.40. The zero-order valence-electron chi connectivity index (χ0n) is 12.9. The zero-order chi connectivity index (χ0) is 17.1. The van der Waals surface area contributed by atoms with Gasteiger partial charge in [-0.3, -0.25) is 4.79 Å². The second kappa shape index (κ2) is 6.45. The van der Waals surface area contributed by atoms with Crippen LogP contribution in [0, 0.1) is 0 Å². The Labute approximate surface area is 137 Å². The van der Waals surface area contributed by atoms with Crippen LogP contribution in [-0.2, 0) is 4.74 Å². The van der Waals surface area contributed by atoms with Crippen molar-refractivity contribution in [1.29, 1.82) is 0 Å². The van der Waals surface area contributed by atoms with Crippen LogP contribution >= 0.6 is 0 Å². The lowest BCUT2D eigenvalue weighted by atomic mass is 10.1. The van der Waals surface area contributed by atoms with Gasteiger partial charge < -0.3 is 19.6 Å². The van der Waals surface area contributed by atoms with Crippen LogP contribution in [0.15, 0.2) is 48.7 Å². The van der Waals surface area contributed by atoms with Gasteiger partial charge in [0, 0.05) is 28.7 Å². The molecule has 0 saturated heterocycles. The average molecular weight is 325 g/mol. The number of aromatic hydroxyl groups is 1. The van der Waals surface area contributed by atoms with Gasteiger partial charge in [-0.05, 0) is 18.2 Å². The van der Waals surface area contributed by atoms with Crippen molar-refractivity contribution in [1.82, 2.24) is 4.98 Å². The van der Waals surface area contributed by atoms with Gasteiger partial charge in [0.05, 0.1) is 7.11 Å². The lowest BCUT2D eigenvalue weighted by molar-refractivity contribution is 0.0472. The molecule has 2 aromatic carbocycles. The molecule has 0 bridgehead atoms. The molecule has 24 heavy (non-hydrogen) atoms. The van der Waals surface area contributed by atoms with Crippen LogP contribution < -0.4 is 4.74 Å². The van der Waals surface area contributed by atoms with Gasteiger partial charge in [0.15, 0.2) is 6.61 Å². The molecule has 6 nitrogen and oxygen atoms in total. The molecule has 0 amide bonds. The fraction of sp³-hybridized carbons (Fsp3) is 0.111. The zero-order valence-corrected chi connectivity index (χ0v) is 12.9. The monoisotopic (exact) mass is 325 g/mol. The van der Waals surface area contributed by atoms with Crippen molar-refractivity contribution in [3.05, 3.63) is 59.8 Å². The number of carbonyl (C=O) groups excluding carboxylic acids is 2. The Morgan fingerprint density at radius 3 is 2.67 bits per heavy atom. The van der Waals surface area contributed by atoms with Crippen molar-refractivity contribution >= 4 is 22.7 Å². The van der Waals surface area contributed by atoms with E-state index in [1.54, 1.807) is 6.20 Å². The van der Waals surface area contributed by atoms with Crippen molar-refractivity contribution in [3.8, 4) is 11.5 Å². The van der Waals surface area contributed by atoms with E-state index in [0.717, 1.165) is 10.9 Å². The summed E-state index contributed by atoms with van der Waals surface area (Å²) in [5.74, 6) is -0.949. The normalized spacial score (nSPS) is 10.5. The van der Waals surface area contributed by atoms with E-state index >= 15 is 0 Å². The average Bonchev–Trinajstić information content (AvgIpc) is 3.03. The summed E-state index contributed by atoms with van der Waals surface area (Å²) in [6.07, 6.45) is 1.59. The van der Waals surface area contributed by atoms with Gasteiger partial charge >= 0.3 is 5.97 Å². The quantitative estimate of drug-likeness (QED) is 0.556. The largest absolute Gasteiger partial charge is 0.507 e. The first kappa shape index (κ1) is 15.6. The van der Waals surface area contributed by atoms with E-state index in [4.69, 9.17) is 9.47 Å². The van der Waals surface area contributed by atoms with Crippen molar-refractivity contribution in [2.24, 2.45) is 0 Å². The molecule has 0 atom stereocenters. The lowest BCUT2D eigenvalue weighted by Crippen LogP contribution is -2.14. The summed E-state index contributed by atoms with van der Waals surface area (Å²) >= 11 is 0. The lowest BCUT2D eigenvalue weighted by Gasteiger charge is -2.07. The number of rotatable bonds is 5. The van der Waals surface area contributed by atoms with Crippen molar-refractivity contribution in [2.75, 3.05) is 13.7 Å². The predicted octanol–water partition coefficient (Wildman–Crippen LogP) is 2.92. The van der Waals surface area contributed by atoms with E-state index in [9.17, 15) is 14.7 Å². The molecule has 6 heteroatoms. The molecule has 1 aromatic heterocycles. The van der Waals surface area contributed by atoms with Gasteiger partial charge in [0.1, 0.15) is 17.1 Å². The SMILES string of the molecule is COc1ccc(C(=O)OCC(=O)c2c[nH]c3ccccc23)c(O)c1. The maximum absolute atomic E-state index is 12.3. The highest BCUT2D eigenvalue weighted by Gasteiger charge is 2.17. The van der Waals surface area contributed by atoms with Crippen LogP contribution in [0.25, 0.3) is 10.9 Å². The third-order valence-corrected chi connectivity index (χ3v) is 3.65. The van der Waals surface area contributed by atoms with Gasteiger partial charge in [-0.2, -0.15) is 0 Å². The number of phenols is 1. The number of esters is 1. The summed E-state index contributed by atoms with van der Waals surface area (Å²) in [5.41, 5.74) is 1.26. The molecule has 0 unspecified atom stereocenters. The fourth-order valence-electron chi connectivity index (χ4n) is 2.40. The first-order valence-corrected chi connectivity index (χ1v) is 7.23. The minimum atomic E-state index is -0.775. The van der Waals surface area contributed by atoms with Gasteiger partial charge in [-0.25, -0.2) is 4.79 Å². The maximum Gasteiger partial charge on any atom is 0.342 e. The van der Waals surface area contributed by atoms with Crippen molar-refractivity contribution < 1.29 is 24.2 Å². The molecular weight excluding hydrogens is 310 g/mol. The molecule has 0 fully saturated rings. The number of nitrogens with one attached hydrogen (secondary N) is 1. The molecule has 3 rings (SSSR count). The summed E-state index contributed by atoms with van der Waals surface area (Å²) in [7, 11) is 1.45. The standard InChI is InChI=1S/C18H15NO5/c1-23-11-6-7-13(16(20)8-11)18(22)24-10-17(21)14-9-19-15-5-3-2-4-12(14)15/h2-9,19-20H,10H2,1H3. The van der Waals surface area contributed by atoms with E-state index in [1.165, 1.54) is 25.3 Å². The molecule has 0 aliphatic rings. The maximum atomic E-state index is 12.3. The number of phenolic OH excluding ortho intramolecular Hbond substituents is 1. The summed E-state index contributed by atoms with van der Waals surface area (Å²) in [6.45, 7) is -0.411. The summed E-state index contributed by atoms with van der Waals surface area (Å²) in [6, 6.07) is 11.6. The van der Waals surface area contributed by atoms with Crippen LogP contribution in [-0.4, -0.2) is 35.6 Å². The van der Waals surface area contributed by atoms with E-state index in [1.807, 2.05) is 24.3 Å². The van der Waals surface area contributed by atoms with Crippen LogP contribution in [0.5, 0.6) is 11.5 Å². The molecule has 2 N–H and O–H groups in total. The number of fused-ring (bicyclic) bond motifs is 1. The van der Waals surface area contributed by atoms with Crippen LogP contribution in [0.3, 0.4) is 0 Å². The molecule has 122 valence electrons. The number of ketones is 1. The van der Waals surface area contributed by atoms with Crippen LogP contribution in [0.4, 0.5) is 0 Å². The number of H-pyrrole nitrogens is 1. The Morgan fingerprint density at radius 1 is 1.12 bits per heavy atom. The Hall–Kier alpha value is -3.28. The van der Waals surface area contributed by atoms with Crippen molar-refractivity contribution in [3.63, 3.8) is 0 Å². The Morgan fingerprint density at radius 2 is 1.92 bits per heavy atom. The third kappa shape index (κ3) is 2.94. The number of Topliss-reactive ketones (excluding diaryl/α,β-unsaturated/α-hetero) is 1. The first-order valence-electron chi connectivity index (χ1n) is 7.23. The molecule has 3 aromatic rings. The number of carbonyl (C=O) groups is 2. The number of aromatic nitrogens is 1. The number of ether oxygens (including phenoxy) is 2. The highest BCUT2D eigenvalue weighted by atomic mass is 16.5. The second-order valence-electron chi connectivity index (χ2n) is 5.13. The molecule has 0 aliphatic heterocycles. The predicted molar refractivity (Wildman–Crippen MR) is 87.6 cm³/mol. The third-order valence-electron chi connectivity index (χ3n) is 3.65. The Kier molecular flexibility index (Phi) is 4.20. The molecule has 0 aliphatic carbocycles. The minimum absolute atomic E-state index is 0.0254. The van der Waals surface area contributed by atoms with E-state index < -0.39 is 12.6 Å². The van der Waals surface area contributed by atoms with E-state index in [-0.39, 0.29) is 17.1 Å². The smallest absolute Gasteiger partial charge is 0.342 e. The molecule has 1 heterocycles. The number of hydrogen-bond donors (Lipinski definition) is 2. The summed E-state index contributed by atoms with van der Waals surface area (Å²) in [4.78, 5) is 27.3. The summed E-state index contributed by atoms with van der Waals surface area (Å²) in [5, 5.41) is 10.6. The highest BCUT2D eigenvalue weighted by Crippen LogP contribution is 2.24. The van der Waals surface area contributed by atoms with Crippen LogP contribution in [0.2, 0.25) is 0 Å². The number of para-hydroxylation sites is 1. The second-order valence-corrected chi connectivity index (χ2v) is 5.13. The Bertz CT molecular complexity index is 913. The molecular formula is C18H15NO5. The number of hydrogen-bond acceptors (Lipinski definition) is 5. The first-order chi connectivity index (χ1) is 11.6. The Balaban J connectivity index is 1.71. The van der Waals surface area contributed by atoms with Gasteiger partial charge in [0.25, 0.3) is 0 Å². The topological polar surface area (TPSA) is 88.6 Å². The van der Waals surface area contributed by atoms with Gasteiger partial charge in [-0.15, -0.1) is 0 Å².